The van der Waals surface area contributed by atoms with Gasteiger partial charge in [0, 0.05) is 6.42 Å². The molecule has 12 heteroatoms. The topological polar surface area (TPSA) is 55.8 Å². The summed E-state index contributed by atoms with van der Waals surface area (Å²) in [6, 6.07) is 0. The van der Waals surface area contributed by atoms with Gasteiger partial charge in [0.15, 0.2) is 11.2 Å². The Labute approximate surface area is 156 Å². The molecule has 0 spiro atoms. The van der Waals surface area contributed by atoms with Crippen molar-refractivity contribution in [1.29, 1.82) is 0 Å². The summed E-state index contributed by atoms with van der Waals surface area (Å²) in [6.45, 7) is 4.88. The van der Waals surface area contributed by atoms with Gasteiger partial charge < -0.3 is 14.6 Å². The third-order valence-corrected chi connectivity index (χ3v) is 5.28. The van der Waals surface area contributed by atoms with Crippen molar-refractivity contribution in [3.8, 4) is 0 Å². The average Bonchev–Trinajstić information content (AvgIpc) is 2.50. The van der Waals surface area contributed by atoms with Gasteiger partial charge in [-0.1, -0.05) is 13.8 Å². The fourth-order valence-electron chi connectivity index (χ4n) is 2.78. The van der Waals surface area contributed by atoms with E-state index in [1.54, 1.807) is 0 Å². The van der Waals surface area contributed by atoms with E-state index in [9.17, 15) is 45.0 Å². The molecule has 3 unspecified atom stereocenters. The summed E-state index contributed by atoms with van der Waals surface area (Å²) in [5, 5.41) is 9.69. The first-order chi connectivity index (χ1) is 12.2. The largest absolute Gasteiger partial charge is 0.452 e. The molecule has 1 saturated heterocycles. The summed E-state index contributed by atoms with van der Waals surface area (Å²) in [6.07, 6.45) is -15.0. The minimum Gasteiger partial charge on any atom is -0.452 e. The molecule has 0 aromatic carbocycles. The molecule has 0 amide bonds. The van der Waals surface area contributed by atoms with Crippen LogP contribution in [0.2, 0.25) is 0 Å². The van der Waals surface area contributed by atoms with Gasteiger partial charge in [-0.3, -0.25) is 4.79 Å². The Balaban J connectivity index is 3.71. The van der Waals surface area contributed by atoms with Gasteiger partial charge in [-0.2, -0.15) is 35.1 Å². The SMILES string of the molecule is CCC(C)(C)C(=O)OC1(C)CC(CC)(C(F)(F)F)OC(O)(C(F)(F)F)C1(F)F. The van der Waals surface area contributed by atoms with E-state index in [4.69, 9.17) is 0 Å². The summed E-state index contributed by atoms with van der Waals surface area (Å²) in [7, 11) is 0. The third kappa shape index (κ3) is 3.46. The Morgan fingerprint density at radius 1 is 1.07 bits per heavy atom. The van der Waals surface area contributed by atoms with Gasteiger partial charge in [0.2, 0.25) is 0 Å². The summed E-state index contributed by atoms with van der Waals surface area (Å²) in [5.41, 5.74) is -8.96. The summed E-state index contributed by atoms with van der Waals surface area (Å²) in [5.74, 6) is -12.4. The number of alkyl halides is 8. The number of esters is 1. The molecule has 0 saturated carbocycles. The van der Waals surface area contributed by atoms with E-state index in [1.165, 1.54) is 20.8 Å². The van der Waals surface area contributed by atoms with Gasteiger partial charge in [0.1, 0.15) is 0 Å². The second-order valence-corrected chi connectivity index (χ2v) is 7.70. The van der Waals surface area contributed by atoms with Crippen molar-refractivity contribution < 1.29 is 54.5 Å². The normalized spacial score (nSPS) is 34.2. The van der Waals surface area contributed by atoms with Gasteiger partial charge in [0.05, 0.1) is 5.41 Å². The first kappa shape index (κ1) is 24.9. The minimum atomic E-state index is -6.32. The van der Waals surface area contributed by atoms with Crippen LogP contribution in [-0.4, -0.2) is 46.3 Å². The zero-order valence-electron chi connectivity index (χ0n) is 15.8. The Hall–Kier alpha value is -1.17. The van der Waals surface area contributed by atoms with Gasteiger partial charge in [-0.05, 0) is 33.6 Å². The molecule has 0 aromatic rings. The molecule has 0 bridgehead atoms. The van der Waals surface area contributed by atoms with Crippen molar-refractivity contribution in [1.82, 2.24) is 0 Å². The van der Waals surface area contributed by atoms with Crippen LogP contribution in [-0.2, 0) is 14.3 Å². The molecular formula is C16H22F8O4. The van der Waals surface area contributed by atoms with Crippen LogP contribution in [0.3, 0.4) is 0 Å². The number of halogens is 8. The minimum absolute atomic E-state index is 0.00567. The molecule has 166 valence electrons. The smallest absolute Gasteiger partial charge is 0.449 e. The molecule has 3 atom stereocenters. The molecule has 1 heterocycles. The lowest BCUT2D eigenvalue weighted by Gasteiger charge is -2.56. The second kappa shape index (κ2) is 6.68. The number of carbonyl (C=O) groups excluding carboxylic acids is 1. The van der Waals surface area contributed by atoms with E-state index in [2.05, 4.69) is 9.47 Å². The van der Waals surface area contributed by atoms with Crippen molar-refractivity contribution in [2.75, 3.05) is 0 Å². The van der Waals surface area contributed by atoms with Gasteiger partial charge in [0.25, 0.3) is 0 Å². The van der Waals surface area contributed by atoms with E-state index >= 15 is 0 Å². The molecule has 28 heavy (non-hydrogen) atoms. The Kier molecular flexibility index (Phi) is 5.93. The Morgan fingerprint density at radius 3 is 1.86 bits per heavy atom. The second-order valence-electron chi connectivity index (χ2n) is 7.70. The van der Waals surface area contributed by atoms with Crippen LogP contribution in [0, 0.1) is 5.41 Å². The quantitative estimate of drug-likeness (QED) is 0.517. The predicted molar refractivity (Wildman–Crippen MR) is 79.3 cm³/mol. The van der Waals surface area contributed by atoms with Crippen LogP contribution in [0.5, 0.6) is 0 Å². The molecule has 1 aliphatic rings. The molecule has 1 fully saturated rings. The van der Waals surface area contributed by atoms with Crippen LogP contribution >= 0.6 is 0 Å². The average molecular weight is 430 g/mol. The molecule has 4 nitrogen and oxygen atoms in total. The van der Waals surface area contributed by atoms with E-state index < -0.39 is 59.5 Å². The summed E-state index contributed by atoms with van der Waals surface area (Å²) >= 11 is 0. The number of carbonyl (C=O) groups is 1. The van der Waals surface area contributed by atoms with Crippen molar-refractivity contribution in [3.05, 3.63) is 0 Å². The predicted octanol–water partition coefficient (Wildman–Crippen LogP) is 4.74. The maximum absolute atomic E-state index is 14.8. The van der Waals surface area contributed by atoms with Crippen molar-refractivity contribution in [2.24, 2.45) is 5.41 Å². The van der Waals surface area contributed by atoms with Crippen molar-refractivity contribution >= 4 is 5.97 Å². The number of aliphatic hydroxyl groups is 1. The van der Waals surface area contributed by atoms with Crippen molar-refractivity contribution in [3.63, 3.8) is 0 Å². The zero-order chi connectivity index (χ0) is 22.6. The van der Waals surface area contributed by atoms with E-state index in [1.807, 2.05) is 0 Å². The standard InChI is InChI=1S/C16H22F8O4/c1-6-10(3,4)9(25)27-11(5)8-12(7-2,15(19,20)21)28-14(26,13(11,17)18)16(22,23)24/h26H,6-8H2,1-5H3. The highest BCUT2D eigenvalue weighted by atomic mass is 19.4. The number of rotatable bonds is 4. The Morgan fingerprint density at radius 2 is 1.54 bits per heavy atom. The zero-order valence-corrected chi connectivity index (χ0v) is 15.8. The maximum Gasteiger partial charge on any atom is 0.449 e. The number of hydrogen-bond donors (Lipinski definition) is 1. The molecule has 0 radical (unpaired) electrons. The van der Waals surface area contributed by atoms with Crippen LogP contribution in [0.25, 0.3) is 0 Å². The van der Waals surface area contributed by atoms with E-state index in [-0.39, 0.29) is 13.3 Å². The van der Waals surface area contributed by atoms with Gasteiger partial charge >= 0.3 is 30.0 Å². The van der Waals surface area contributed by atoms with Gasteiger partial charge in [-0.25, -0.2) is 0 Å². The highest BCUT2D eigenvalue weighted by molar-refractivity contribution is 5.76. The fraction of sp³-hybridized carbons (Fsp3) is 0.938. The molecule has 1 aliphatic heterocycles. The molecule has 1 rings (SSSR count). The van der Waals surface area contributed by atoms with Crippen LogP contribution in [0.1, 0.15) is 53.9 Å². The van der Waals surface area contributed by atoms with Crippen molar-refractivity contribution in [2.45, 2.75) is 89.1 Å². The molecule has 0 aromatic heterocycles. The highest BCUT2D eigenvalue weighted by Crippen LogP contribution is 2.61. The lowest BCUT2D eigenvalue weighted by Crippen LogP contribution is -2.79. The fourth-order valence-corrected chi connectivity index (χ4v) is 2.78. The van der Waals surface area contributed by atoms with E-state index in [0.29, 0.717) is 0 Å². The van der Waals surface area contributed by atoms with Crippen LogP contribution < -0.4 is 0 Å². The van der Waals surface area contributed by atoms with Gasteiger partial charge in [-0.15, -0.1) is 0 Å². The first-order valence-electron chi connectivity index (χ1n) is 8.33. The molecular weight excluding hydrogens is 408 g/mol. The summed E-state index contributed by atoms with van der Waals surface area (Å²) in [4.78, 5) is 12.2. The third-order valence-electron chi connectivity index (χ3n) is 5.28. The molecule has 0 aliphatic carbocycles. The lowest BCUT2D eigenvalue weighted by atomic mass is 9.74. The van der Waals surface area contributed by atoms with E-state index in [0.717, 1.165) is 6.92 Å². The molecule has 1 N–H and O–H groups in total. The summed E-state index contributed by atoms with van der Waals surface area (Å²) < 4.78 is 118. The maximum atomic E-state index is 14.8. The van der Waals surface area contributed by atoms with Crippen LogP contribution in [0.15, 0.2) is 0 Å². The highest BCUT2D eigenvalue weighted by Gasteiger charge is 2.85. The first-order valence-corrected chi connectivity index (χ1v) is 8.33. The number of hydrogen-bond acceptors (Lipinski definition) is 4. The number of ether oxygens (including phenoxy) is 2. The van der Waals surface area contributed by atoms with Crippen LogP contribution in [0.4, 0.5) is 35.1 Å². The Bertz CT molecular complexity index is 615. The lowest BCUT2D eigenvalue weighted by molar-refractivity contribution is -0.517. The monoisotopic (exact) mass is 430 g/mol.